The Morgan fingerprint density at radius 3 is 1.88 bits per heavy atom. The van der Waals surface area contributed by atoms with Crippen LogP contribution < -0.4 is 0 Å². The molecule has 0 radical (unpaired) electrons. The van der Waals surface area contributed by atoms with Gasteiger partial charge in [-0.2, -0.15) is 0 Å². The molecule has 156 valence electrons. The molecule has 1 rings (SSSR count). The minimum absolute atomic E-state index is 0.279. The molecule has 0 saturated carbocycles. The second-order valence-corrected chi connectivity index (χ2v) is 7.69. The maximum Gasteiger partial charge on any atom is 0.114 e. The Hall–Kier alpha value is -0.200. The molecule has 0 bridgehead atoms. The minimum Gasteiger partial charge on any atom is -0.394 e. The Bertz CT molecular complexity index is 313. The summed E-state index contributed by atoms with van der Waals surface area (Å²) >= 11 is 0. The van der Waals surface area contributed by atoms with Crippen LogP contribution in [0.1, 0.15) is 90.4 Å². The van der Waals surface area contributed by atoms with Crippen molar-refractivity contribution in [3.05, 3.63) is 0 Å². The molecule has 0 aromatic rings. The smallest absolute Gasteiger partial charge is 0.114 e. The first-order chi connectivity index (χ1) is 12.7. The molecule has 26 heavy (non-hydrogen) atoms. The summed E-state index contributed by atoms with van der Waals surface area (Å²) in [6.07, 6.45) is 14.1. The minimum atomic E-state index is -1.05. The van der Waals surface area contributed by atoms with Crippen LogP contribution >= 0.6 is 0 Å². The molecule has 1 saturated heterocycles. The van der Waals surface area contributed by atoms with Gasteiger partial charge in [-0.3, -0.25) is 0 Å². The maximum atomic E-state index is 10.0. The Balaban J connectivity index is 1.84. The van der Waals surface area contributed by atoms with E-state index < -0.39 is 31.0 Å². The summed E-state index contributed by atoms with van der Waals surface area (Å²) in [5.41, 5.74) is 0. The van der Waals surface area contributed by atoms with Crippen LogP contribution in [0.15, 0.2) is 0 Å². The third kappa shape index (κ3) is 10.2. The van der Waals surface area contributed by atoms with Crippen LogP contribution in [0.25, 0.3) is 0 Å². The van der Waals surface area contributed by atoms with Crippen LogP contribution in [-0.4, -0.2) is 59.6 Å². The molecule has 3 N–H and O–H groups in total. The van der Waals surface area contributed by atoms with E-state index in [0.29, 0.717) is 6.61 Å². The summed E-state index contributed by atoms with van der Waals surface area (Å²) in [5.74, 6) is 0. The van der Waals surface area contributed by atoms with Crippen molar-refractivity contribution in [3.63, 3.8) is 0 Å². The summed E-state index contributed by atoms with van der Waals surface area (Å²) < 4.78 is 11.0. The highest BCUT2D eigenvalue weighted by atomic mass is 16.6. The van der Waals surface area contributed by atoms with Crippen molar-refractivity contribution in [2.75, 3.05) is 19.8 Å². The second kappa shape index (κ2) is 15.8. The van der Waals surface area contributed by atoms with Gasteiger partial charge < -0.3 is 24.8 Å². The molecule has 0 unspecified atom stereocenters. The third-order valence-corrected chi connectivity index (χ3v) is 5.32. The fraction of sp³-hybridized carbons (Fsp3) is 1.00. The van der Waals surface area contributed by atoms with Gasteiger partial charge in [-0.05, 0) is 6.42 Å². The zero-order valence-electron chi connectivity index (χ0n) is 16.8. The molecule has 0 spiro atoms. The lowest BCUT2D eigenvalue weighted by Crippen LogP contribution is -2.41. The zero-order chi connectivity index (χ0) is 19.0. The molecule has 0 aliphatic carbocycles. The Morgan fingerprint density at radius 1 is 0.885 bits per heavy atom. The molecule has 0 amide bonds. The van der Waals surface area contributed by atoms with E-state index >= 15 is 0 Å². The molecule has 1 aliphatic heterocycles. The van der Waals surface area contributed by atoms with Crippen LogP contribution in [0, 0.1) is 0 Å². The molecule has 4 atom stereocenters. The number of hydrogen-bond donors (Lipinski definition) is 3. The van der Waals surface area contributed by atoms with Gasteiger partial charge in [0.25, 0.3) is 0 Å². The monoisotopic (exact) mass is 374 g/mol. The standard InChI is InChI=1S/C21H42O5/c1-2-3-4-5-6-7-8-9-10-11-12-13-14-15-25-19-17-26-21(20(19)24)18(23)16-22/h18-24H,2-17H2,1H3/t18-,19+,20-,21-/m0/s1. The van der Waals surface area contributed by atoms with Crippen molar-refractivity contribution < 1.29 is 24.8 Å². The summed E-state index contributed by atoms with van der Waals surface area (Å²) in [7, 11) is 0. The SMILES string of the molecule is CCCCCCCCCCCCCCCO[C@@H]1CO[C@@H]([C@@H](O)CO)[C@H]1O. The fourth-order valence-electron chi connectivity index (χ4n) is 3.56. The molecular formula is C21H42O5. The highest BCUT2D eigenvalue weighted by molar-refractivity contribution is 4.88. The third-order valence-electron chi connectivity index (χ3n) is 5.32. The zero-order valence-corrected chi connectivity index (χ0v) is 16.8. The number of aliphatic hydroxyl groups is 3. The summed E-state index contributed by atoms with van der Waals surface area (Å²) in [6.45, 7) is 2.75. The maximum absolute atomic E-state index is 10.0. The lowest BCUT2D eigenvalue weighted by Gasteiger charge is -2.20. The lowest BCUT2D eigenvalue weighted by molar-refractivity contribution is -0.0730. The van der Waals surface area contributed by atoms with Crippen molar-refractivity contribution in [1.82, 2.24) is 0 Å². The van der Waals surface area contributed by atoms with Gasteiger partial charge in [0.2, 0.25) is 0 Å². The Labute approximate surface area is 160 Å². The lowest BCUT2D eigenvalue weighted by atomic mass is 10.0. The average molecular weight is 375 g/mol. The van der Waals surface area contributed by atoms with Gasteiger partial charge in [-0.15, -0.1) is 0 Å². The second-order valence-electron chi connectivity index (χ2n) is 7.69. The Kier molecular flexibility index (Phi) is 14.5. The van der Waals surface area contributed by atoms with Gasteiger partial charge in [0.15, 0.2) is 0 Å². The predicted molar refractivity (Wildman–Crippen MR) is 104 cm³/mol. The quantitative estimate of drug-likeness (QED) is 0.339. The van der Waals surface area contributed by atoms with Crippen molar-refractivity contribution in [1.29, 1.82) is 0 Å². The topological polar surface area (TPSA) is 79.2 Å². The molecule has 1 aliphatic rings. The molecular weight excluding hydrogens is 332 g/mol. The van der Waals surface area contributed by atoms with E-state index in [9.17, 15) is 10.2 Å². The van der Waals surface area contributed by atoms with Gasteiger partial charge >= 0.3 is 0 Å². The van der Waals surface area contributed by atoms with E-state index in [1.165, 1.54) is 70.6 Å². The summed E-state index contributed by atoms with van der Waals surface area (Å²) in [5, 5.41) is 28.5. The molecule has 1 heterocycles. The normalized spacial score (nSPS) is 24.2. The molecule has 0 aromatic carbocycles. The predicted octanol–water partition coefficient (Wildman–Crippen LogP) is 3.58. The van der Waals surface area contributed by atoms with Gasteiger partial charge in [0.1, 0.15) is 24.4 Å². The summed E-state index contributed by atoms with van der Waals surface area (Å²) in [4.78, 5) is 0. The molecule has 0 aromatic heterocycles. The summed E-state index contributed by atoms with van der Waals surface area (Å²) in [6, 6.07) is 0. The van der Waals surface area contributed by atoms with Crippen molar-refractivity contribution in [3.8, 4) is 0 Å². The van der Waals surface area contributed by atoms with E-state index in [1.54, 1.807) is 0 Å². The van der Waals surface area contributed by atoms with Crippen LogP contribution in [0.3, 0.4) is 0 Å². The number of rotatable bonds is 17. The Morgan fingerprint density at radius 2 is 1.38 bits per heavy atom. The number of ether oxygens (including phenoxy) is 2. The van der Waals surface area contributed by atoms with Crippen LogP contribution in [0.5, 0.6) is 0 Å². The fourth-order valence-corrected chi connectivity index (χ4v) is 3.56. The van der Waals surface area contributed by atoms with E-state index in [0.717, 1.165) is 12.8 Å². The van der Waals surface area contributed by atoms with Gasteiger partial charge in [-0.25, -0.2) is 0 Å². The van der Waals surface area contributed by atoms with Crippen LogP contribution in [0.4, 0.5) is 0 Å². The van der Waals surface area contributed by atoms with Crippen molar-refractivity contribution in [2.24, 2.45) is 0 Å². The molecule has 5 heteroatoms. The first-order valence-corrected chi connectivity index (χ1v) is 10.9. The van der Waals surface area contributed by atoms with Crippen LogP contribution in [-0.2, 0) is 9.47 Å². The average Bonchev–Trinajstić information content (AvgIpc) is 3.02. The van der Waals surface area contributed by atoms with E-state index in [-0.39, 0.29) is 6.61 Å². The highest BCUT2D eigenvalue weighted by Gasteiger charge is 2.40. The van der Waals surface area contributed by atoms with Gasteiger partial charge in [0, 0.05) is 6.61 Å². The highest BCUT2D eigenvalue weighted by Crippen LogP contribution is 2.20. The van der Waals surface area contributed by atoms with Crippen molar-refractivity contribution in [2.45, 2.75) is 115 Å². The molecule has 1 fully saturated rings. The van der Waals surface area contributed by atoms with Gasteiger partial charge in [0.05, 0.1) is 13.2 Å². The first-order valence-electron chi connectivity index (χ1n) is 10.9. The van der Waals surface area contributed by atoms with Gasteiger partial charge in [-0.1, -0.05) is 84.0 Å². The number of aliphatic hydroxyl groups excluding tert-OH is 3. The van der Waals surface area contributed by atoms with E-state index in [4.69, 9.17) is 14.6 Å². The largest absolute Gasteiger partial charge is 0.394 e. The van der Waals surface area contributed by atoms with Crippen LogP contribution in [0.2, 0.25) is 0 Å². The van der Waals surface area contributed by atoms with E-state index in [1.807, 2.05) is 0 Å². The number of hydrogen-bond acceptors (Lipinski definition) is 5. The van der Waals surface area contributed by atoms with E-state index in [2.05, 4.69) is 6.92 Å². The molecule has 5 nitrogen and oxygen atoms in total. The number of unbranched alkanes of at least 4 members (excludes halogenated alkanes) is 12. The first kappa shape index (κ1) is 23.8. The van der Waals surface area contributed by atoms with Crippen molar-refractivity contribution >= 4 is 0 Å².